The summed E-state index contributed by atoms with van der Waals surface area (Å²) in [6.45, 7) is -0.623. The summed E-state index contributed by atoms with van der Waals surface area (Å²) < 4.78 is 75.9. The maximum Gasteiger partial charge on any atom is 0.416 e. The standard InChI is InChI=1S/C16H11F6N3O3/c17-15(18,19)9-2-1-3-11(6-9)24-14(26)8-23-12-5-4-10(16(20,21)22)7-13(12)25(27)28/h1-7,23H,8H2,(H,24,26). The minimum Gasteiger partial charge on any atom is -0.371 e. The van der Waals surface area contributed by atoms with Crippen molar-refractivity contribution in [3.05, 3.63) is 63.7 Å². The molecule has 150 valence electrons. The number of hydrogen-bond donors (Lipinski definition) is 2. The van der Waals surface area contributed by atoms with Crippen molar-refractivity contribution in [2.24, 2.45) is 0 Å². The van der Waals surface area contributed by atoms with Gasteiger partial charge in [-0.05, 0) is 30.3 Å². The Balaban J connectivity index is 2.10. The fraction of sp³-hybridized carbons (Fsp3) is 0.188. The molecule has 12 heteroatoms. The number of carbonyl (C=O) groups is 1. The van der Waals surface area contributed by atoms with Gasteiger partial charge in [-0.15, -0.1) is 0 Å². The van der Waals surface area contributed by atoms with Gasteiger partial charge in [0.15, 0.2) is 0 Å². The number of benzene rings is 2. The first-order valence-electron chi connectivity index (χ1n) is 7.44. The number of halogens is 6. The molecule has 2 N–H and O–H groups in total. The second kappa shape index (κ2) is 7.74. The van der Waals surface area contributed by atoms with Crippen LogP contribution in [0.5, 0.6) is 0 Å². The molecule has 0 aliphatic heterocycles. The number of alkyl halides is 6. The number of nitro benzene ring substituents is 1. The van der Waals surface area contributed by atoms with Gasteiger partial charge in [-0.1, -0.05) is 6.07 Å². The van der Waals surface area contributed by atoms with Crippen molar-refractivity contribution in [1.29, 1.82) is 0 Å². The lowest BCUT2D eigenvalue weighted by Gasteiger charge is -2.12. The summed E-state index contributed by atoms with van der Waals surface area (Å²) in [6.07, 6.45) is -9.40. The summed E-state index contributed by atoms with van der Waals surface area (Å²) in [6, 6.07) is 5.48. The predicted molar refractivity (Wildman–Crippen MR) is 86.7 cm³/mol. The van der Waals surface area contributed by atoms with Crippen molar-refractivity contribution in [3.63, 3.8) is 0 Å². The summed E-state index contributed by atoms with van der Waals surface area (Å²) in [5.74, 6) is -0.853. The molecule has 0 fully saturated rings. The first kappa shape index (κ1) is 21.0. The van der Waals surface area contributed by atoms with Crippen molar-refractivity contribution in [2.75, 3.05) is 17.2 Å². The molecule has 0 unspecified atom stereocenters. The Morgan fingerprint density at radius 1 is 0.964 bits per heavy atom. The fourth-order valence-corrected chi connectivity index (χ4v) is 2.16. The Hall–Kier alpha value is -3.31. The smallest absolute Gasteiger partial charge is 0.371 e. The van der Waals surface area contributed by atoms with Gasteiger partial charge < -0.3 is 10.6 Å². The second-order valence-corrected chi connectivity index (χ2v) is 5.47. The largest absolute Gasteiger partial charge is 0.416 e. The normalized spacial score (nSPS) is 11.8. The van der Waals surface area contributed by atoms with E-state index in [1.165, 1.54) is 6.07 Å². The topological polar surface area (TPSA) is 84.3 Å². The lowest BCUT2D eigenvalue weighted by molar-refractivity contribution is -0.384. The SMILES string of the molecule is O=C(CNc1ccc(C(F)(F)F)cc1[N+](=O)[O-])Nc1cccc(C(F)(F)F)c1. The van der Waals surface area contributed by atoms with Crippen molar-refractivity contribution >= 4 is 23.0 Å². The van der Waals surface area contributed by atoms with Crippen LogP contribution >= 0.6 is 0 Å². The van der Waals surface area contributed by atoms with Gasteiger partial charge in [0.25, 0.3) is 5.69 Å². The third-order valence-electron chi connectivity index (χ3n) is 3.43. The van der Waals surface area contributed by atoms with Gasteiger partial charge in [-0.2, -0.15) is 26.3 Å². The highest BCUT2D eigenvalue weighted by molar-refractivity contribution is 5.94. The maximum atomic E-state index is 12.6. The molecule has 0 saturated heterocycles. The van der Waals surface area contributed by atoms with E-state index in [0.29, 0.717) is 18.2 Å². The van der Waals surface area contributed by atoms with Crippen LogP contribution in [0.4, 0.5) is 43.4 Å². The van der Waals surface area contributed by atoms with E-state index >= 15 is 0 Å². The highest BCUT2D eigenvalue weighted by Gasteiger charge is 2.33. The average molecular weight is 407 g/mol. The van der Waals surface area contributed by atoms with Crippen molar-refractivity contribution in [2.45, 2.75) is 12.4 Å². The van der Waals surface area contributed by atoms with Gasteiger partial charge in [-0.25, -0.2) is 0 Å². The molecule has 0 aliphatic carbocycles. The maximum absolute atomic E-state index is 12.6. The van der Waals surface area contributed by atoms with Gasteiger partial charge in [0, 0.05) is 11.8 Å². The molecule has 0 bridgehead atoms. The van der Waals surface area contributed by atoms with Crippen molar-refractivity contribution in [3.8, 4) is 0 Å². The van der Waals surface area contributed by atoms with Gasteiger partial charge in [0.1, 0.15) is 5.69 Å². The lowest BCUT2D eigenvalue weighted by atomic mass is 10.1. The van der Waals surface area contributed by atoms with Crippen LogP contribution in [0.1, 0.15) is 11.1 Å². The molecule has 2 rings (SSSR count). The van der Waals surface area contributed by atoms with Crippen LogP contribution in [0.15, 0.2) is 42.5 Å². The number of nitrogens with zero attached hydrogens (tertiary/aromatic N) is 1. The highest BCUT2D eigenvalue weighted by Crippen LogP contribution is 2.35. The van der Waals surface area contributed by atoms with Gasteiger partial charge in [0.05, 0.1) is 22.6 Å². The zero-order valence-corrected chi connectivity index (χ0v) is 13.7. The number of amides is 1. The number of anilines is 2. The van der Waals surface area contributed by atoms with Crippen molar-refractivity contribution < 1.29 is 36.1 Å². The fourth-order valence-electron chi connectivity index (χ4n) is 2.16. The van der Waals surface area contributed by atoms with Gasteiger partial charge in [-0.3, -0.25) is 14.9 Å². The molecule has 0 aromatic heterocycles. The third kappa shape index (κ3) is 5.34. The molecule has 0 saturated carbocycles. The molecule has 0 heterocycles. The Labute approximate surface area is 153 Å². The first-order valence-corrected chi connectivity index (χ1v) is 7.44. The number of nitro groups is 1. The first-order chi connectivity index (χ1) is 12.9. The quantitative estimate of drug-likeness (QED) is 0.428. The molecule has 2 aromatic rings. The summed E-state index contributed by atoms with van der Waals surface area (Å²) >= 11 is 0. The molecule has 28 heavy (non-hydrogen) atoms. The number of nitrogens with one attached hydrogen (secondary N) is 2. The number of rotatable bonds is 5. The van der Waals surface area contributed by atoms with E-state index in [4.69, 9.17) is 0 Å². The summed E-state index contributed by atoms with van der Waals surface area (Å²) in [4.78, 5) is 21.8. The molecule has 0 radical (unpaired) electrons. The Kier molecular flexibility index (Phi) is 5.81. The van der Waals surface area contributed by atoms with Crippen LogP contribution in [0.3, 0.4) is 0 Å². The van der Waals surface area contributed by atoms with E-state index in [-0.39, 0.29) is 11.4 Å². The zero-order valence-electron chi connectivity index (χ0n) is 13.7. The van der Waals surface area contributed by atoms with Crippen LogP contribution in [0, 0.1) is 10.1 Å². The Morgan fingerprint density at radius 2 is 1.57 bits per heavy atom. The molecule has 6 nitrogen and oxygen atoms in total. The van der Waals surface area contributed by atoms with Crippen LogP contribution in [-0.4, -0.2) is 17.4 Å². The van der Waals surface area contributed by atoms with E-state index < -0.39 is 46.5 Å². The zero-order chi connectivity index (χ0) is 21.1. The van der Waals surface area contributed by atoms with E-state index in [1.54, 1.807) is 0 Å². The van der Waals surface area contributed by atoms with Crippen LogP contribution in [0.2, 0.25) is 0 Å². The summed E-state index contributed by atoms with van der Waals surface area (Å²) in [5.41, 5.74) is -3.64. The van der Waals surface area contributed by atoms with E-state index in [0.717, 1.165) is 18.2 Å². The van der Waals surface area contributed by atoms with Gasteiger partial charge in [0.2, 0.25) is 5.91 Å². The number of hydrogen-bond acceptors (Lipinski definition) is 4. The molecular formula is C16H11F6N3O3. The Morgan fingerprint density at radius 3 is 2.14 bits per heavy atom. The van der Waals surface area contributed by atoms with Crippen molar-refractivity contribution in [1.82, 2.24) is 0 Å². The number of carbonyl (C=O) groups excluding carboxylic acids is 1. The minimum atomic E-state index is -4.79. The lowest BCUT2D eigenvalue weighted by Crippen LogP contribution is -2.22. The molecule has 1 amide bonds. The van der Waals surface area contributed by atoms with E-state index in [9.17, 15) is 41.3 Å². The molecule has 0 atom stereocenters. The monoisotopic (exact) mass is 407 g/mol. The molecular weight excluding hydrogens is 396 g/mol. The molecule has 2 aromatic carbocycles. The third-order valence-corrected chi connectivity index (χ3v) is 3.43. The van der Waals surface area contributed by atoms with Crippen LogP contribution in [-0.2, 0) is 17.1 Å². The molecule has 0 spiro atoms. The van der Waals surface area contributed by atoms with Crippen LogP contribution in [0.25, 0.3) is 0 Å². The Bertz CT molecular complexity index is 896. The van der Waals surface area contributed by atoms with E-state index in [1.807, 2.05) is 0 Å². The van der Waals surface area contributed by atoms with Gasteiger partial charge >= 0.3 is 12.4 Å². The predicted octanol–water partition coefficient (Wildman–Crippen LogP) is 4.68. The summed E-state index contributed by atoms with van der Waals surface area (Å²) in [7, 11) is 0. The molecule has 0 aliphatic rings. The highest BCUT2D eigenvalue weighted by atomic mass is 19.4. The second-order valence-electron chi connectivity index (χ2n) is 5.47. The average Bonchev–Trinajstić information content (AvgIpc) is 2.58. The minimum absolute atomic E-state index is 0.163. The van der Waals surface area contributed by atoms with E-state index in [2.05, 4.69) is 10.6 Å². The van der Waals surface area contributed by atoms with Crippen LogP contribution < -0.4 is 10.6 Å². The summed E-state index contributed by atoms with van der Waals surface area (Å²) in [5, 5.41) is 15.4.